The molecule has 13 heavy (non-hydrogen) atoms. The first-order valence-corrected chi connectivity index (χ1v) is 5.64. The number of ether oxygens (including phenoxy) is 1. The Morgan fingerprint density at radius 2 is 2.00 bits per heavy atom. The minimum atomic E-state index is -1.03. The van der Waals surface area contributed by atoms with Gasteiger partial charge in [0.15, 0.2) is 0 Å². The van der Waals surface area contributed by atoms with Crippen LogP contribution in [0.4, 0.5) is 0 Å². The normalized spacial score (nSPS) is 23.6. The zero-order valence-corrected chi connectivity index (χ0v) is 8.48. The van der Waals surface area contributed by atoms with Gasteiger partial charge in [-0.15, -0.1) is 0 Å². The second-order valence-electron chi connectivity index (χ2n) is 2.84. The molecule has 0 N–H and O–H groups in total. The lowest BCUT2D eigenvalue weighted by Gasteiger charge is -2.25. The fourth-order valence-corrected chi connectivity index (χ4v) is 2.47. The van der Waals surface area contributed by atoms with Crippen LogP contribution in [-0.2, 0) is 15.5 Å². The standard InChI is InChI=1S/C9H9ClO2S/c10-7-1-3-8(4-2-7)13(11)9-5-6-12-9/h1-4,9H,5-6H2. The van der Waals surface area contributed by atoms with Crippen LogP contribution in [0.25, 0.3) is 0 Å². The predicted molar refractivity (Wildman–Crippen MR) is 52.2 cm³/mol. The Hall–Kier alpha value is -0.380. The van der Waals surface area contributed by atoms with Crippen LogP contribution in [0, 0.1) is 0 Å². The summed E-state index contributed by atoms with van der Waals surface area (Å²) in [5.41, 5.74) is -0.110. The van der Waals surface area contributed by atoms with Crippen molar-refractivity contribution in [2.45, 2.75) is 16.8 Å². The van der Waals surface area contributed by atoms with Gasteiger partial charge in [0.05, 0.1) is 17.4 Å². The van der Waals surface area contributed by atoms with E-state index >= 15 is 0 Å². The maximum atomic E-state index is 11.7. The van der Waals surface area contributed by atoms with Crippen molar-refractivity contribution in [1.82, 2.24) is 0 Å². The molecule has 1 aromatic carbocycles. The number of halogens is 1. The predicted octanol–water partition coefficient (Wildman–Crippen LogP) is 2.19. The first kappa shape index (κ1) is 9.19. The summed E-state index contributed by atoms with van der Waals surface area (Å²) in [6.45, 7) is 0.726. The SMILES string of the molecule is O=S(c1ccc(Cl)cc1)C1CCO1. The van der Waals surface area contributed by atoms with E-state index in [1.807, 2.05) is 0 Å². The number of hydrogen-bond acceptors (Lipinski definition) is 2. The molecular weight excluding hydrogens is 208 g/mol. The van der Waals surface area contributed by atoms with Gasteiger partial charge in [0, 0.05) is 16.3 Å². The van der Waals surface area contributed by atoms with E-state index in [1.165, 1.54) is 0 Å². The van der Waals surface area contributed by atoms with Crippen molar-refractivity contribution in [1.29, 1.82) is 0 Å². The molecule has 1 heterocycles. The molecule has 2 nitrogen and oxygen atoms in total. The van der Waals surface area contributed by atoms with Crippen LogP contribution in [0.2, 0.25) is 5.02 Å². The average Bonchev–Trinajstić information content (AvgIpc) is 2.02. The molecular formula is C9H9ClO2S. The van der Waals surface area contributed by atoms with Gasteiger partial charge in [0.25, 0.3) is 0 Å². The zero-order chi connectivity index (χ0) is 9.26. The molecule has 0 saturated carbocycles. The molecule has 0 aromatic heterocycles. The Labute approximate surface area is 84.3 Å². The van der Waals surface area contributed by atoms with Gasteiger partial charge in [0.1, 0.15) is 5.44 Å². The van der Waals surface area contributed by atoms with Gasteiger partial charge < -0.3 is 4.74 Å². The van der Waals surface area contributed by atoms with Gasteiger partial charge in [-0.3, -0.25) is 4.21 Å². The first-order chi connectivity index (χ1) is 6.27. The fourth-order valence-electron chi connectivity index (χ4n) is 1.10. The van der Waals surface area contributed by atoms with Crippen LogP contribution in [0.15, 0.2) is 29.2 Å². The van der Waals surface area contributed by atoms with Gasteiger partial charge in [-0.25, -0.2) is 0 Å². The summed E-state index contributed by atoms with van der Waals surface area (Å²) in [7, 11) is -1.03. The smallest absolute Gasteiger partial charge is 0.139 e. The number of hydrogen-bond donors (Lipinski definition) is 0. The highest BCUT2D eigenvalue weighted by molar-refractivity contribution is 7.85. The third-order valence-electron chi connectivity index (χ3n) is 1.94. The van der Waals surface area contributed by atoms with Crippen molar-refractivity contribution in [3.8, 4) is 0 Å². The average molecular weight is 217 g/mol. The summed E-state index contributed by atoms with van der Waals surface area (Å²) >= 11 is 5.71. The van der Waals surface area contributed by atoms with Crippen molar-refractivity contribution in [3.63, 3.8) is 0 Å². The van der Waals surface area contributed by atoms with Crippen molar-refractivity contribution >= 4 is 22.4 Å². The lowest BCUT2D eigenvalue weighted by atomic mass is 10.4. The molecule has 2 unspecified atom stereocenters. The summed E-state index contributed by atoms with van der Waals surface area (Å²) in [6.07, 6.45) is 0.884. The summed E-state index contributed by atoms with van der Waals surface area (Å²) in [5.74, 6) is 0. The van der Waals surface area contributed by atoms with Crippen LogP contribution in [0.3, 0.4) is 0 Å². The van der Waals surface area contributed by atoms with Gasteiger partial charge >= 0.3 is 0 Å². The zero-order valence-electron chi connectivity index (χ0n) is 6.90. The minimum absolute atomic E-state index is 0.110. The van der Waals surface area contributed by atoms with Crippen molar-refractivity contribution in [2.75, 3.05) is 6.61 Å². The lowest BCUT2D eigenvalue weighted by molar-refractivity contribution is 0.00639. The third-order valence-corrected chi connectivity index (χ3v) is 3.78. The molecule has 0 radical (unpaired) electrons. The van der Waals surface area contributed by atoms with E-state index in [9.17, 15) is 4.21 Å². The second-order valence-corrected chi connectivity index (χ2v) is 4.87. The van der Waals surface area contributed by atoms with Gasteiger partial charge in [-0.05, 0) is 24.3 Å². The topological polar surface area (TPSA) is 26.3 Å². The molecule has 0 amide bonds. The highest BCUT2D eigenvalue weighted by Crippen LogP contribution is 2.22. The van der Waals surface area contributed by atoms with E-state index in [0.29, 0.717) is 5.02 Å². The maximum Gasteiger partial charge on any atom is 0.139 e. The highest BCUT2D eigenvalue weighted by Gasteiger charge is 2.25. The van der Waals surface area contributed by atoms with E-state index in [2.05, 4.69) is 0 Å². The molecule has 2 atom stereocenters. The Morgan fingerprint density at radius 3 is 2.46 bits per heavy atom. The Kier molecular flexibility index (Phi) is 2.67. The van der Waals surface area contributed by atoms with Crippen LogP contribution < -0.4 is 0 Å². The number of rotatable bonds is 2. The lowest BCUT2D eigenvalue weighted by Crippen LogP contribution is -2.31. The number of benzene rings is 1. The van der Waals surface area contributed by atoms with Crippen molar-refractivity contribution in [3.05, 3.63) is 29.3 Å². The van der Waals surface area contributed by atoms with E-state index in [0.717, 1.165) is 17.9 Å². The Bertz CT molecular complexity index is 319. The second kappa shape index (κ2) is 3.78. The minimum Gasteiger partial charge on any atom is -0.364 e. The highest BCUT2D eigenvalue weighted by atomic mass is 35.5. The van der Waals surface area contributed by atoms with Crippen LogP contribution >= 0.6 is 11.6 Å². The largest absolute Gasteiger partial charge is 0.364 e. The Morgan fingerprint density at radius 1 is 1.38 bits per heavy atom. The summed E-state index contributed by atoms with van der Waals surface area (Å²) in [5, 5.41) is 0.662. The molecule has 70 valence electrons. The van der Waals surface area contributed by atoms with Crippen LogP contribution in [0.5, 0.6) is 0 Å². The summed E-state index contributed by atoms with van der Waals surface area (Å²) in [4.78, 5) is 0.786. The van der Waals surface area contributed by atoms with Gasteiger partial charge in [-0.1, -0.05) is 11.6 Å². The molecule has 1 aromatic rings. The molecule has 1 saturated heterocycles. The summed E-state index contributed by atoms with van der Waals surface area (Å²) in [6, 6.07) is 7.04. The maximum absolute atomic E-state index is 11.7. The third kappa shape index (κ3) is 1.93. The first-order valence-electron chi connectivity index (χ1n) is 4.05. The molecule has 0 aliphatic carbocycles. The molecule has 2 rings (SSSR count). The molecule has 0 bridgehead atoms. The van der Waals surface area contributed by atoms with Gasteiger partial charge in [-0.2, -0.15) is 0 Å². The molecule has 4 heteroatoms. The molecule has 1 aliphatic heterocycles. The molecule has 1 fully saturated rings. The monoisotopic (exact) mass is 216 g/mol. The fraction of sp³-hybridized carbons (Fsp3) is 0.333. The van der Waals surface area contributed by atoms with Crippen LogP contribution in [-0.4, -0.2) is 16.3 Å². The van der Waals surface area contributed by atoms with Gasteiger partial charge in [0.2, 0.25) is 0 Å². The van der Waals surface area contributed by atoms with E-state index in [4.69, 9.17) is 16.3 Å². The van der Waals surface area contributed by atoms with Crippen molar-refractivity contribution < 1.29 is 8.95 Å². The van der Waals surface area contributed by atoms with Crippen molar-refractivity contribution in [2.24, 2.45) is 0 Å². The summed E-state index contributed by atoms with van der Waals surface area (Å²) < 4.78 is 16.8. The quantitative estimate of drug-likeness (QED) is 0.758. The van der Waals surface area contributed by atoms with Crippen LogP contribution in [0.1, 0.15) is 6.42 Å². The van der Waals surface area contributed by atoms with E-state index in [1.54, 1.807) is 24.3 Å². The van der Waals surface area contributed by atoms with E-state index < -0.39 is 10.8 Å². The molecule has 1 aliphatic rings. The Balaban J connectivity index is 2.15. The van der Waals surface area contributed by atoms with E-state index in [-0.39, 0.29) is 5.44 Å². The molecule has 0 spiro atoms.